The molecule has 0 spiro atoms. The maximum Gasteiger partial charge on any atom is 0.427 e. The first kappa shape index (κ1) is 28.2. The molecule has 6 N–H and O–H groups in total. The number of aliphatic hydroxyl groups excluding tert-OH is 1. The third-order valence-corrected chi connectivity index (χ3v) is 7.85. The molecule has 0 aromatic rings. The lowest BCUT2D eigenvalue weighted by Crippen LogP contribution is -2.62. The molecule has 10 nitrogen and oxygen atoms in total. The van der Waals surface area contributed by atoms with E-state index in [-0.39, 0.29) is 36.1 Å². The summed E-state index contributed by atoms with van der Waals surface area (Å²) < 4.78 is 39.2. The Morgan fingerprint density at radius 1 is 1.25 bits per heavy atom. The molecule has 0 radical (unpaired) electrons. The van der Waals surface area contributed by atoms with E-state index in [1.165, 1.54) is 4.90 Å². The highest BCUT2D eigenvalue weighted by atomic mass is 19.4. The zero-order valence-corrected chi connectivity index (χ0v) is 21.1. The number of carbonyl (C=O) groups excluding carboxylic acids is 4. The van der Waals surface area contributed by atoms with E-state index in [2.05, 4.69) is 10.6 Å². The van der Waals surface area contributed by atoms with Crippen molar-refractivity contribution in [2.24, 2.45) is 34.3 Å². The minimum absolute atomic E-state index is 0.00894. The van der Waals surface area contributed by atoms with Crippen LogP contribution in [-0.2, 0) is 19.2 Å². The van der Waals surface area contributed by atoms with Gasteiger partial charge < -0.3 is 26.4 Å². The smallest absolute Gasteiger partial charge is 0.370 e. The van der Waals surface area contributed by atoms with Crippen molar-refractivity contribution >= 4 is 23.6 Å². The largest absolute Gasteiger partial charge is 0.427 e. The van der Waals surface area contributed by atoms with Crippen LogP contribution >= 0.6 is 0 Å². The fourth-order valence-electron chi connectivity index (χ4n) is 5.58. The molecule has 2 heterocycles. The van der Waals surface area contributed by atoms with E-state index in [0.717, 1.165) is 0 Å². The molecule has 1 saturated carbocycles. The van der Waals surface area contributed by atoms with E-state index in [1.54, 1.807) is 20.8 Å². The Bertz CT molecular complexity index is 919. The van der Waals surface area contributed by atoms with E-state index >= 15 is 0 Å². The molecule has 0 aromatic heterocycles. The Balaban J connectivity index is 1.83. The van der Waals surface area contributed by atoms with Crippen molar-refractivity contribution in [3.8, 4) is 0 Å². The van der Waals surface area contributed by atoms with Gasteiger partial charge in [0.15, 0.2) is 0 Å². The number of nitrogens with one attached hydrogen (secondary N) is 3. The Morgan fingerprint density at radius 2 is 1.86 bits per heavy atom. The summed E-state index contributed by atoms with van der Waals surface area (Å²) in [5.41, 5.74) is 4.17. The Hall–Kier alpha value is -2.41. The van der Waals surface area contributed by atoms with Gasteiger partial charge in [-0.3, -0.25) is 24.5 Å². The number of aliphatic hydroxyl groups is 1. The quantitative estimate of drug-likeness (QED) is 0.281. The Labute approximate surface area is 207 Å². The molecular weight excluding hydrogens is 483 g/mol. The van der Waals surface area contributed by atoms with Gasteiger partial charge >= 0.3 is 6.18 Å². The number of nitrogens with zero attached hydrogens (tertiary/aromatic N) is 1. The number of halogens is 3. The first-order valence-electron chi connectivity index (χ1n) is 12.1. The molecule has 1 aliphatic carbocycles. The second kappa shape index (κ2) is 9.47. The molecule has 4 amide bonds. The number of likely N-dealkylation sites (tertiary alicyclic amines) is 1. The molecule has 2 saturated heterocycles. The molecule has 3 rings (SSSR count). The van der Waals surface area contributed by atoms with Crippen LogP contribution < -0.4 is 21.7 Å². The maximum atomic E-state index is 13.5. The summed E-state index contributed by atoms with van der Waals surface area (Å²) >= 11 is 0. The maximum absolute atomic E-state index is 13.5. The lowest BCUT2D eigenvalue weighted by molar-refractivity contribution is -0.218. The topological polar surface area (TPSA) is 154 Å². The summed E-state index contributed by atoms with van der Waals surface area (Å²) in [6.07, 6.45) is -7.42. The van der Waals surface area contributed by atoms with Gasteiger partial charge in [0, 0.05) is 19.0 Å². The summed E-state index contributed by atoms with van der Waals surface area (Å²) in [4.78, 5) is 52.3. The third-order valence-electron chi connectivity index (χ3n) is 7.85. The molecule has 2 aliphatic heterocycles. The van der Waals surface area contributed by atoms with Crippen LogP contribution in [0, 0.1) is 28.6 Å². The highest BCUT2D eigenvalue weighted by molar-refractivity contribution is 5.94. The molecular formula is C23H36F3N5O5. The lowest BCUT2D eigenvalue weighted by Gasteiger charge is -2.39. The molecule has 3 aliphatic rings. The fourth-order valence-corrected chi connectivity index (χ4v) is 5.58. The predicted molar refractivity (Wildman–Crippen MR) is 122 cm³/mol. The van der Waals surface area contributed by atoms with E-state index in [0.29, 0.717) is 13.0 Å². The van der Waals surface area contributed by atoms with Crippen molar-refractivity contribution in [1.29, 1.82) is 0 Å². The number of piperidine rings is 1. The Kier molecular flexibility index (Phi) is 7.41. The van der Waals surface area contributed by atoms with Gasteiger partial charge in [-0.15, -0.1) is 0 Å². The molecule has 3 fully saturated rings. The van der Waals surface area contributed by atoms with Crippen molar-refractivity contribution in [3.05, 3.63) is 0 Å². The average molecular weight is 520 g/mol. The summed E-state index contributed by atoms with van der Waals surface area (Å²) in [7, 11) is 0. The summed E-state index contributed by atoms with van der Waals surface area (Å²) in [5.74, 6) is -3.28. The van der Waals surface area contributed by atoms with E-state index < -0.39 is 59.6 Å². The molecule has 13 heteroatoms. The van der Waals surface area contributed by atoms with Crippen LogP contribution in [0.2, 0.25) is 0 Å². The van der Waals surface area contributed by atoms with E-state index in [9.17, 15) is 37.5 Å². The van der Waals surface area contributed by atoms with Crippen LogP contribution in [0.1, 0.15) is 47.5 Å². The number of amides is 4. The normalized spacial score (nSPS) is 29.7. The standard InChI is InChI=1S/C23H36F3N5O5/c1-21(2,3)15(30-20(36)23(24,25)26)19(35)31-9-11-13(22(11,4)5)14(31)18(34)29-12(16(27)32)8-10-6-7-28-17(10)33/h10-15,20,30,36H,6-9H2,1-5H3,(H2,27,32)(H,28,33)(H,29,34)/t10-,11-,12-,13-,14-,15+,20?/m0/s1. The molecule has 204 valence electrons. The third kappa shape index (κ3) is 5.46. The highest BCUT2D eigenvalue weighted by Crippen LogP contribution is 2.65. The first-order valence-corrected chi connectivity index (χ1v) is 12.1. The zero-order chi connectivity index (χ0) is 27.4. The number of rotatable bonds is 8. The van der Waals surface area contributed by atoms with Crippen LogP contribution in [0.4, 0.5) is 13.2 Å². The second-order valence-corrected chi connectivity index (χ2v) is 11.8. The first-order chi connectivity index (χ1) is 16.4. The summed E-state index contributed by atoms with van der Waals surface area (Å²) in [5, 5.41) is 16.8. The number of nitrogens with two attached hydrogens (primary N) is 1. The van der Waals surface area contributed by atoms with Crippen molar-refractivity contribution < 1.29 is 37.5 Å². The number of alkyl halides is 3. The monoisotopic (exact) mass is 519 g/mol. The van der Waals surface area contributed by atoms with Crippen LogP contribution in [0.15, 0.2) is 0 Å². The number of fused-ring (bicyclic) bond motifs is 1. The Morgan fingerprint density at radius 3 is 2.33 bits per heavy atom. The van der Waals surface area contributed by atoms with Crippen molar-refractivity contribution in [3.63, 3.8) is 0 Å². The van der Waals surface area contributed by atoms with Crippen molar-refractivity contribution in [2.75, 3.05) is 13.1 Å². The van der Waals surface area contributed by atoms with Gasteiger partial charge in [-0.2, -0.15) is 13.2 Å². The van der Waals surface area contributed by atoms with Crippen LogP contribution in [0.5, 0.6) is 0 Å². The van der Waals surface area contributed by atoms with Gasteiger partial charge in [-0.1, -0.05) is 34.6 Å². The van der Waals surface area contributed by atoms with Crippen molar-refractivity contribution in [2.45, 2.75) is 78.0 Å². The lowest BCUT2D eigenvalue weighted by atomic mass is 9.85. The van der Waals surface area contributed by atoms with Gasteiger partial charge in [0.25, 0.3) is 0 Å². The van der Waals surface area contributed by atoms with Gasteiger partial charge in [0.1, 0.15) is 12.1 Å². The fraction of sp³-hybridized carbons (Fsp3) is 0.826. The van der Waals surface area contributed by atoms with E-state index in [1.807, 2.05) is 19.2 Å². The zero-order valence-electron chi connectivity index (χ0n) is 21.1. The van der Waals surface area contributed by atoms with E-state index in [4.69, 9.17) is 5.73 Å². The number of hydrogen-bond acceptors (Lipinski definition) is 6. The van der Waals surface area contributed by atoms with Gasteiger partial charge in [-0.05, 0) is 35.5 Å². The minimum Gasteiger partial charge on any atom is -0.370 e. The highest BCUT2D eigenvalue weighted by Gasteiger charge is 2.70. The van der Waals surface area contributed by atoms with Gasteiger partial charge in [0.05, 0.1) is 6.04 Å². The van der Waals surface area contributed by atoms with Gasteiger partial charge in [0.2, 0.25) is 29.9 Å². The average Bonchev–Trinajstić information content (AvgIpc) is 3.09. The minimum atomic E-state index is -4.99. The molecule has 1 unspecified atom stereocenters. The molecule has 0 bridgehead atoms. The van der Waals surface area contributed by atoms with Crippen molar-refractivity contribution in [1.82, 2.24) is 20.9 Å². The summed E-state index contributed by atoms with van der Waals surface area (Å²) in [6, 6.07) is -3.63. The number of hydrogen-bond donors (Lipinski definition) is 5. The molecule has 36 heavy (non-hydrogen) atoms. The SMILES string of the molecule is CC(C)(C)[C@H](NC(O)C(F)(F)F)C(=O)N1C[C@H]2[C@@H]([C@H]1C(=O)N[C@@H](C[C@@H]1CCNC1=O)C(N)=O)C2(C)C. The number of carbonyl (C=O) groups is 4. The predicted octanol–water partition coefficient (Wildman–Crippen LogP) is -0.149. The summed E-state index contributed by atoms with van der Waals surface area (Å²) in [6.45, 7) is 9.14. The molecule has 0 aromatic carbocycles. The van der Waals surface area contributed by atoms with Crippen LogP contribution in [0.3, 0.4) is 0 Å². The van der Waals surface area contributed by atoms with Crippen LogP contribution in [-0.4, -0.2) is 77.3 Å². The second-order valence-electron chi connectivity index (χ2n) is 11.8. The molecule has 7 atom stereocenters. The van der Waals surface area contributed by atoms with Crippen LogP contribution in [0.25, 0.3) is 0 Å². The number of primary amides is 1. The van der Waals surface area contributed by atoms with Gasteiger partial charge in [-0.25, -0.2) is 0 Å².